The largest absolute Gasteiger partial charge is 0.487 e. The molecule has 0 fully saturated rings. The normalized spacial score (nSPS) is 10.4. The summed E-state index contributed by atoms with van der Waals surface area (Å²) in [5, 5.41) is 0. The van der Waals surface area contributed by atoms with Gasteiger partial charge in [0.05, 0.1) is 4.47 Å². The van der Waals surface area contributed by atoms with E-state index in [-0.39, 0.29) is 0 Å². The van der Waals surface area contributed by atoms with Gasteiger partial charge in [0.25, 0.3) is 0 Å². The van der Waals surface area contributed by atoms with Crippen LogP contribution in [0.5, 0.6) is 5.75 Å². The smallest absolute Gasteiger partial charge is 0.136 e. The van der Waals surface area contributed by atoms with E-state index in [4.69, 9.17) is 4.74 Å². The highest BCUT2D eigenvalue weighted by atomic mass is 79.9. The maximum Gasteiger partial charge on any atom is 0.136 e. The van der Waals surface area contributed by atoms with Crippen molar-refractivity contribution in [1.29, 1.82) is 0 Å². The predicted molar refractivity (Wildman–Crippen MR) is 79.1 cm³/mol. The molecular formula is C16H17BrO. The van der Waals surface area contributed by atoms with Gasteiger partial charge < -0.3 is 4.74 Å². The lowest BCUT2D eigenvalue weighted by Gasteiger charge is -2.13. The first kappa shape index (κ1) is 13.2. The Morgan fingerprint density at radius 1 is 1.00 bits per heavy atom. The standard InChI is InChI=1S/C16H17BrO/c1-11-8-13(3)16(15(17)9-11)18-10-14-7-5-4-6-12(14)2/h4-9H,10H2,1-3H3. The zero-order valence-electron chi connectivity index (χ0n) is 11.0. The number of aryl methyl sites for hydroxylation is 3. The van der Waals surface area contributed by atoms with Crippen LogP contribution in [0.2, 0.25) is 0 Å². The highest BCUT2D eigenvalue weighted by molar-refractivity contribution is 9.10. The van der Waals surface area contributed by atoms with Gasteiger partial charge in [-0.2, -0.15) is 0 Å². The molecule has 1 nitrogen and oxygen atoms in total. The molecule has 0 unspecified atom stereocenters. The Hall–Kier alpha value is -1.28. The lowest BCUT2D eigenvalue weighted by atomic mass is 10.1. The average Bonchev–Trinajstić information content (AvgIpc) is 2.30. The summed E-state index contributed by atoms with van der Waals surface area (Å²) >= 11 is 3.57. The summed E-state index contributed by atoms with van der Waals surface area (Å²) in [5.41, 5.74) is 4.89. The summed E-state index contributed by atoms with van der Waals surface area (Å²) in [6.07, 6.45) is 0. The summed E-state index contributed by atoms with van der Waals surface area (Å²) in [6.45, 7) is 6.87. The van der Waals surface area contributed by atoms with Crippen LogP contribution in [0.4, 0.5) is 0 Å². The van der Waals surface area contributed by atoms with Crippen LogP contribution >= 0.6 is 15.9 Å². The van der Waals surface area contributed by atoms with Crippen LogP contribution in [0.3, 0.4) is 0 Å². The molecule has 0 spiro atoms. The van der Waals surface area contributed by atoms with Crippen molar-refractivity contribution in [1.82, 2.24) is 0 Å². The molecule has 0 saturated heterocycles. The predicted octanol–water partition coefficient (Wildman–Crippen LogP) is 4.95. The van der Waals surface area contributed by atoms with Crippen molar-refractivity contribution in [3.05, 3.63) is 63.1 Å². The fraction of sp³-hybridized carbons (Fsp3) is 0.250. The van der Waals surface area contributed by atoms with Gasteiger partial charge in [-0.1, -0.05) is 30.3 Å². The second-order valence-electron chi connectivity index (χ2n) is 4.61. The second kappa shape index (κ2) is 5.57. The van der Waals surface area contributed by atoms with Crippen molar-refractivity contribution in [2.45, 2.75) is 27.4 Å². The van der Waals surface area contributed by atoms with Crippen LogP contribution in [0.15, 0.2) is 40.9 Å². The van der Waals surface area contributed by atoms with Crippen LogP contribution in [0, 0.1) is 20.8 Å². The molecule has 2 aromatic carbocycles. The van der Waals surface area contributed by atoms with Crippen molar-refractivity contribution in [3.8, 4) is 5.75 Å². The van der Waals surface area contributed by atoms with Gasteiger partial charge in [0.15, 0.2) is 0 Å². The fourth-order valence-electron chi connectivity index (χ4n) is 2.01. The molecule has 0 atom stereocenters. The number of benzene rings is 2. The first-order chi connectivity index (χ1) is 8.58. The molecule has 0 bridgehead atoms. The van der Waals surface area contributed by atoms with Crippen molar-refractivity contribution < 1.29 is 4.74 Å². The fourth-order valence-corrected chi connectivity index (χ4v) is 2.80. The van der Waals surface area contributed by atoms with Crippen LogP contribution in [0.25, 0.3) is 0 Å². The van der Waals surface area contributed by atoms with Gasteiger partial charge in [-0.3, -0.25) is 0 Å². The minimum Gasteiger partial charge on any atom is -0.487 e. The quantitative estimate of drug-likeness (QED) is 0.779. The Kier molecular flexibility index (Phi) is 4.07. The molecule has 0 aliphatic rings. The van der Waals surface area contributed by atoms with Gasteiger partial charge in [0.1, 0.15) is 12.4 Å². The molecule has 0 heterocycles. The summed E-state index contributed by atoms with van der Waals surface area (Å²) in [4.78, 5) is 0. The molecule has 0 amide bonds. The van der Waals surface area contributed by atoms with Gasteiger partial charge in [-0.15, -0.1) is 0 Å². The van der Waals surface area contributed by atoms with E-state index in [0.29, 0.717) is 6.61 Å². The van der Waals surface area contributed by atoms with E-state index in [1.807, 2.05) is 12.1 Å². The number of hydrogen-bond donors (Lipinski definition) is 0. The molecular weight excluding hydrogens is 288 g/mol. The van der Waals surface area contributed by atoms with E-state index in [0.717, 1.165) is 15.8 Å². The number of rotatable bonds is 3. The highest BCUT2D eigenvalue weighted by Crippen LogP contribution is 2.31. The molecule has 0 aromatic heterocycles. The van der Waals surface area contributed by atoms with Crippen LogP contribution in [-0.4, -0.2) is 0 Å². The third kappa shape index (κ3) is 2.94. The molecule has 18 heavy (non-hydrogen) atoms. The summed E-state index contributed by atoms with van der Waals surface area (Å²) in [6, 6.07) is 12.5. The Morgan fingerprint density at radius 3 is 2.39 bits per heavy atom. The maximum atomic E-state index is 5.94. The Bertz CT molecular complexity index is 538. The SMILES string of the molecule is Cc1cc(C)c(OCc2ccccc2C)c(Br)c1. The van der Waals surface area contributed by atoms with Crippen LogP contribution in [0.1, 0.15) is 22.3 Å². The van der Waals surface area contributed by atoms with E-state index >= 15 is 0 Å². The molecule has 0 saturated carbocycles. The minimum absolute atomic E-state index is 0.606. The average molecular weight is 305 g/mol. The van der Waals surface area contributed by atoms with E-state index < -0.39 is 0 Å². The number of halogens is 1. The van der Waals surface area contributed by atoms with Gasteiger partial charge >= 0.3 is 0 Å². The van der Waals surface area contributed by atoms with Gasteiger partial charge in [-0.05, 0) is 65.0 Å². The number of hydrogen-bond acceptors (Lipinski definition) is 1. The third-order valence-corrected chi connectivity index (χ3v) is 3.60. The molecule has 0 aliphatic carbocycles. The lowest BCUT2D eigenvalue weighted by molar-refractivity contribution is 0.301. The monoisotopic (exact) mass is 304 g/mol. The van der Waals surface area contributed by atoms with Gasteiger partial charge in [-0.25, -0.2) is 0 Å². The Labute approximate surface area is 117 Å². The van der Waals surface area contributed by atoms with E-state index in [2.05, 4.69) is 61.0 Å². The maximum absolute atomic E-state index is 5.94. The second-order valence-corrected chi connectivity index (χ2v) is 5.46. The zero-order chi connectivity index (χ0) is 13.1. The number of ether oxygens (including phenoxy) is 1. The summed E-state index contributed by atoms with van der Waals surface area (Å²) < 4.78 is 6.96. The zero-order valence-corrected chi connectivity index (χ0v) is 12.5. The first-order valence-corrected chi connectivity index (χ1v) is 6.81. The van der Waals surface area contributed by atoms with Crippen LogP contribution < -0.4 is 4.74 Å². The summed E-state index contributed by atoms with van der Waals surface area (Å²) in [7, 11) is 0. The van der Waals surface area contributed by atoms with Gasteiger partial charge in [0, 0.05) is 0 Å². The Morgan fingerprint density at radius 2 is 1.72 bits per heavy atom. The molecule has 2 aromatic rings. The molecule has 0 radical (unpaired) electrons. The highest BCUT2D eigenvalue weighted by Gasteiger charge is 2.07. The molecule has 2 heteroatoms. The Balaban J connectivity index is 2.19. The molecule has 2 rings (SSSR count). The van der Waals surface area contributed by atoms with Crippen LogP contribution in [-0.2, 0) is 6.61 Å². The minimum atomic E-state index is 0.606. The molecule has 0 N–H and O–H groups in total. The van der Waals surface area contributed by atoms with Crippen molar-refractivity contribution in [3.63, 3.8) is 0 Å². The summed E-state index contributed by atoms with van der Waals surface area (Å²) in [5.74, 6) is 0.934. The lowest BCUT2D eigenvalue weighted by Crippen LogP contribution is -2.00. The van der Waals surface area contributed by atoms with Gasteiger partial charge in [0.2, 0.25) is 0 Å². The molecule has 0 aliphatic heterocycles. The first-order valence-electron chi connectivity index (χ1n) is 6.02. The third-order valence-electron chi connectivity index (χ3n) is 3.01. The van der Waals surface area contributed by atoms with Crippen molar-refractivity contribution in [2.24, 2.45) is 0 Å². The van der Waals surface area contributed by atoms with Crippen molar-refractivity contribution in [2.75, 3.05) is 0 Å². The van der Waals surface area contributed by atoms with Crippen molar-refractivity contribution >= 4 is 15.9 Å². The molecule has 94 valence electrons. The van der Waals surface area contributed by atoms with E-state index in [9.17, 15) is 0 Å². The van der Waals surface area contributed by atoms with E-state index in [1.54, 1.807) is 0 Å². The van der Waals surface area contributed by atoms with E-state index in [1.165, 1.54) is 16.7 Å². The topological polar surface area (TPSA) is 9.23 Å².